The number of imidazole rings is 1. The van der Waals surface area contributed by atoms with E-state index in [0.717, 1.165) is 0 Å². The first-order valence-corrected chi connectivity index (χ1v) is 9.82. The summed E-state index contributed by atoms with van der Waals surface area (Å²) in [6.45, 7) is -2.62. The normalized spacial score (nSPS) is 15.1. The number of nitrogens with one attached hydrogen (secondary N) is 1. The number of carbonyl (C=O) groups excluding carboxylic acids is 1. The highest BCUT2D eigenvalue weighted by molar-refractivity contribution is 5.77. The average Bonchev–Trinajstić information content (AvgIpc) is 3.27. The fourth-order valence-electron chi connectivity index (χ4n) is 3.36. The van der Waals surface area contributed by atoms with E-state index in [9.17, 15) is 22.4 Å². The van der Waals surface area contributed by atoms with Gasteiger partial charge in [-0.3, -0.25) is 0 Å². The molecule has 0 saturated carbocycles. The molecular formula is C19H19F4N7O4. The third-order valence-electron chi connectivity index (χ3n) is 4.91. The molecule has 0 bridgehead atoms. The number of halogens is 4. The van der Waals surface area contributed by atoms with Crippen LogP contribution >= 0.6 is 0 Å². The molecule has 11 nitrogen and oxygen atoms in total. The number of anilines is 1. The number of alkyl carbamates (subject to hydrolysis) is 1. The van der Waals surface area contributed by atoms with Gasteiger partial charge < -0.3 is 24.4 Å². The Balaban J connectivity index is 1.51. The van der Waals surface area contributed by atoms with E-state index in [2.05, 4.69) is 24.8 Å². The number of amides is 1. The van der Waals surface area contributed by atoms with Crippen LogP contribution in [0, 0.1) is 0 Å². The summed E-state index contributed by atoms with van der Waals surface area (Å²) < 4.78 is 67.9. The maximum atomic E-state index is 15.0. The van der Waals surface area contributed by atoms with Crippen molar-refractivity contribution in [1.82, 2.24) is 29.9 Å². The first kappa shape index (κ1) is 23.3. The van der Waals surface area contributed by atoms with Gasteiger partial charge in [-0.15, -0.1) is 0 Å². The van der Waals surface area contributed by atoms with E-state index < -0.39 is 31.1 Å². The number of rotatable bonds is 7. The van der Waals surface area contributed by atoms with Crippen molar-refractivity contribution in [2.45, 2.75) is 11.8 Å². The summed E-state index contributed by atoms with van der Waals surface area (Å²) in [4.78, 5) is 25.5. The lowest BCUT2D eigenvalue weighted by molar-refractivity contribution is -0.124. The second kappa shape index (κ2) is 8.79. The van der Waals surface area contributed by atoms with Gasteiger partial charge in [-0.25, -0.2) is 23.7 Å². The number of fused-ring (bicyclic) bond motifs is 1. The van der Waals surface area contributed by atoms with E-state index in [0.29, 0.717) is 22.6 Å². The predicted molar refractivity (Wildman–Crippen MR) is 109 cm³/mol. The molecule has 1 aliphatic rings. The molecule has 4 heterocycles. The zero-order valence-electron chi connectivity index (χ0n) is 18.0. The van der Waals surface area contributed by atoms with E-state index in [1.54, 1.807) is 17.2 Å². The quantitative estimate of drug-likeness (QED) is 0.502. The molecule has 0 unspecified atom stereocenters. The average molecular weight is 485 g/mol. The Morgan fingerprint density at radius 1 is 1.24 bits per heavy atom. The summed E-state index contributed by atoms with van der Waals surface area (Å²) in [7, 11) is 2.85. The van der Waals surface area contributed by atoms with Gasteiger partial charge in [0, 0.05) is 18.6 Å². The predicted octanol–water partition coefficient (Wildman–Crippen LogP) is 2.02. The van der Waals surface area contributed by atoms with Crippen LogP contribution in [0.5, 0.6) is 11.9 Å². The van der Waals surface area contributed by atoms with Gasteiger partial charge in [0.1, 0.15) is 18.8 Å². The monoisotopic (exact) mass is 485 g/mol. The Labute approximate surface area is 189 Å². The second-order valence-electron chi connectivity index (χ2n) is 7.44. The third-order valence-corrected chi connectivity index (χ3v) is 4.91. The van der Waals surface area contributed by atoms with Crippen LogP contribution in [-0.2, 0) is 4.74 Å². The number of carbonyl (C=O) groups is 1. The molecule has 1 fully saturated rings. The molecule has 0 aromatic carbocycles. The first-order chi connectivity index (χ1) is 16.1. The topological polar surface area (TPSA) is 116 Å². The molecule has 3 aromatic heterocycles. The number of hydrogen-bond acceptors (Lipinski definition) is 9. The molecule has 3 aromatic rings. The van der Waals surface area contributed by atoms with Gasteiger partial charge in [-0.2, -0.15) is 23.3 Å². The standard InChI is InChI=1S/C19H19F4N7O4/c1-32-15-11(6-25-16(27-15)33-2)12-5-13(14-24-3-4-30(14)28-12)29-8-18(20,9-29)10-34-17(31)26-7-19(21,22)23/h3-6H,7-10H2,1-2H3,(H,26,31). The first-order valence-electron chi connectivity index (χ1n) is 9.82. The lowest BCUT2D eigenvalue weighted by Gasteiger charge is -2.45. The highest BCUT2D eigenvalue weighted by Crippen LogP contribution is 2.36. The van der Waals surface area contributed by atoms with Crippen molar-refractivity contribution < 1.29 is 36.6 Å². The summed E-state index contributed by atoms with van der Waals surface area (Å²) in [6.07, 6.45) is -1.33. The number of hydrogen-bond donors (Lipinski definition) is 1. The maximum absolute atomic E-state index is 15.0. The molecule has 34 heavy (non-hydrogen) atoms. The van der Waals surface area contributed by atoms with Crippen molar-refractivity contribution in [1.29, 1.82) is 0 Å². The van der Waals surface area contributed by atoms with Gasteiger partial charge in [0.25, 0.3) is 0 Å². The van der Waals surface area contributed by atoms with Crippen LogP contribution in [0.2, 0.25) is 0 Å². The highest BCUT2D eigenvalue weighted by atomic mass is 19.4. The number of alkyl halides is 4. The fourth-order valence-corrected chi connectivity index (χ4v) is 3.36. The molecule has 1 saturated heterocycles. The molecule has 0 radical (unpaired) electrons. The van der Waals surface area contributed by atoms with Crippen molar-refractivity contribution in [3.05, 3.63) is 24.7 Å². The van der Waals surface area contributed by atoms with Crippen LogP contribution in [0.3, 0.4) is 0 Å². The lowest BCUT2D eigenvalue weighted by atomic mass is 9.96. The molecule has 15 heteroatoms. The minimum absolute atomic E-state index is 0.105. The zero-order chi connectivity index (χ0) is 24.5. The molecule has 0 aliphatic carbocycles. The van der Waals surface area contributed by atoms with Gasteiger partial charge in [0.05, 0.1) is 38.6 Å². The van der Waals surface area contributed by atoms with Crippen LogP contribution in [0.4, 0.5) is 28.0 Å². The molecule has 1 amide bonds. The summed E-state index contributed by atoms with van der Waals surface area (Å²) in [5.41, 5.74) is -0.0922. The largest absolute Gasteiger partial charge is 0.480 e. The van der Waals surface area contributed by atoms with Crippen molar-refractivity contribution >= 4 is 17.4 Å². The summed E-state index contributed by atoms with van der Waals surface area (Å²) in [6, 6.07) is 1.76. The van der Waals surface area contributed by atoms with Gasteiger partial charge in [-0.05, 0) is 6.07 Å². The third kappa shape index (κ3) is 4.87. The summed E-state index contributed by atoms with van der Waals surface area (Å²) in [5, 5.41) is 6.00. The van der Waals surface area contributed by atoms with Crippen LogP contribution in [-0.4, -0.2) is 83.0 Å². The molecule has 4 rings (SSSR count). The number of aromatic nitrogens is 5. The highest BCUT2D eigenvalue weighted by Gasteiger charge is 2.46. The van der Waals surface area contributed by atoms with Gasteiger partial charge in [0.15, 0.2) is 11.3 Å². The second-order valence-corrected chi connectivity index (χ2v) is 7.44. The van der Waals surface area contributed by atoms with Crippen LogP contribution in [0.15, 0.2) is 24.7 Å². The number of nitrogens with zero attached hydrogens (tertiary/aromatic N) is 6. The van der Waals surface area contributed by atoms with E-state index >= 15 is 0 Å². The maximum Gasteiger partial charge on any atom is 0.407 e. The Bertz CT molecular complexity index is 1200. The Morgan fingerprint density at radius 2 is 2.00 bits per heavy atom. The van der Waals surface area contributed by atoms with Crippen molar-refractivity contribution in [2.24, 2.45) is 0 Å². The van der Waals surface area contributed by atoms with Gasteiger partial charge >= 0.3 is 18.3 Å². The zero-order valence-corrected chi connectivity index (χ0v) is 18.0. The van der Waals surface area contributed by atoms with E-state index in [1.165, 1.54) is 36.4 Å². The molecule has 1 aliphatic heterocycles. The minimum Gasteiger partial charge on any atom is -0.480 e. The Kier molecular flexibility index (Phi) is 6.01. The number of ether oxygens (including phenoxy) is 3. The van der Waals surface area contributed by atoms with Crippen LogP contribution < -0.4 is 19.7 Å². The Hall–Kier alpha value is -3.91. The minimum atomic E-state index is -4.59. The van der Waals surface area contributed by atoms with Crippen molar-refractivity contribution in [3.63, 3.8) is 0 Å². The summed E-state index contributed by atoms with van der Waals surface area (Å²) in [5.74, 6) is 0.214. The van der Waals surface area contributed by atoms with Crippen molar-refractivity contribution in [3.8, 4) is 23.1 Å². The SMILES string of the molecule is COc1ncc(-c2cc(N3CC(F)(COC(=O)NCC(F)(F)F)C3)c3nccn3n2)c(OC)n1. The van der Waals surface area contributed by atoms with Crippen molar-refractivity contribution in [2.75, 3.05) is 45.4 Å². The lowest BCUT2D eigenvalue weighted by Crippen LogP contribution is -2.62. The van der Waals surface area contributed by atoms with E-state index in [4.69, 9.17) is 9.47 Å². The molecule has 0 atom stereocenters. The molecule has 1 N–H and O–H groups in total. The van der Waals surface area contributed by atoms with Gasteiger partial charge in [-0.1, -0.05) is 0 Å². The van der Waals surface area contributed by atoms with Crippen LogP contribution in [0.1, 0.15) is 0 Å². The molecular weight excluding hydrogens is 466 g/mol. The molecule has 0 spiro atoms. The molecule has 182 valence electrons. The smallest absolute Gasteiger partial charge is 0.407 e. The fraction of sp³-hybridized carbons (Fsp3) is 0.421. The van der Waals surface area contributed by atoms with Gasteiger partial charge in [0.2, 0.25) is 5.88 Å². The number of methoxy groups -OCH3 is 2. The Morgan fingerprint density at radius 3 is 2.68 bits per heavy atom. The summed E-state index contributed by atoms with van der Waals surface area (Å²) >= 11 is 0. The van der Waals surface area contributed by atoms with E-state index in [1.807, 2.05) is 0 Å². The van der Waals surface area contributed by atoms with E-state index in [-0.39, 0.29) is 25.0 Å². The van der Waals surface area contributed by atoms with Crippen LogP contribution in [0.25, 0.3) is 16.9 Å².